The molecular weight excluding hydrogens is 440 g/mol. The highest BCUT2D eigenvalue weighted by molar-refractivity contribution is 6.80. The van der Waals surface area contributed by atoms with Gasteiger partial charge in [0.2, 0.25) is 0 Å². The third-order valence-corrected chi connectivity index (χ3v) is 8.24. The molecule has 0 aliphatic heterocycles. The summed E-state index contributed by atoms with van der Waals surface area (Å²) in [5.41, 5.74) is 0.813. The van der Waals surface area contributed by atoms with E-state index in [1.54, 1.807) is 12.1 Å². The monoisotopic (exact) mass is 473 g/mol. The first kappa shape index (κ1) is 24.2. The van der Waals surface area contributed by atoms with Crippen LogP contribution < -0.4 is 15.1 Å². The molecule has 0 aromatic heterocycles. The van der Waals surface area contributed by atoms with E-state index < -0.39 is 9.04 Å². The van der Waals surface area contributed by atoms with Crippen LogP contribution in [0.1, 0.15) is 62.6 Å². The van der Waals surface area contributed by atoms with Crippen LogP contribution in [0.3, 0.4) is 0 Å². The van der Waals surface area contributed by atoms with Crippen molar-refractivity contribution in [3.05, 3.63) is 83.9 Å². The fourth-order valence-electron chi connectivity index (χ4n) is 4.00. The van der Waals surface area contributed by atoms with Gasteiger partial charge in [0.25, 0.3) is 9.04 Å². The summed E-state index contributed by atoms with van der Waals surface area (Å²) in [7, 11) is -1.61. The van der Waals surface area contributed by atoms with Crippen LogP contribution in [-0.2, 0) is 4.43 Å². The van der Waals surface area contributed by atoms with Gasteiger partial charge in [-0.3, -0.25) is 4.79 Å². The van der Waals surface area contributed by atoms with Crippen molar-refractivity contribution in [1.82, 2.24) is 0 Å². The van der Waals surface area contributed by atoms with Crippen molar-refractivity contribution >= 4 is 25.2 Å². The Balaban J connectivity index is 1.80. The van der Waals surface area contributed by atoms with Crippen LogP contribution in [0.25, 0.3) is 0 Å². The lowest BCUT2D eigenvalue weighted by Crippen LogP contribution is -2.47. The van der Waals surface area contributed by atoms with Crippen molar-refractivity contribution in [1.29, 1.82) is 0 Å². The number of ether oxygens (including phenoxy) is 1. The number of hydrogen-bond acceptors (Lipinski definition) is 4. The van der Waals surface area contributed by atoms with E-state index in [1.807, 2.05) is 36.4 Å². The van der Waals surface area contributed by atoms with Crippen molar-refractivity contribution < 1.29 is 19.1 Å². The second-order valence-corrected chi connectivity index (χ2v) is 12.2. The quantitative estimate of drug-likeness (QED) is 0.339. The van der Waals surface area contributed by atoms with Crippen LogP contribution in [0.5, 0.6) is 11.5 Å². The third kappa shape index (κ3) is 5.77. The minimum atomic E-state index is -1.61. The van der Waals surface area contributed by atoms with Gasteiger partial charge in [-0.2, -0.15) is 0 Å². The highest BCUT2D eigenvalue weighted by atomic mass is 28.3. The number of aromatic hydroxyl groups is 1. The summed E-state index contributed by atoms with van der Waals surface area (Å²) in [6.07, 6.45) is 1.98. The topological polar surface area (TPSA) is 55.8 Å². The second-order valence-electron chi connectivity index (χ2n) is 10.1. The zero-order valence-corrected chi connectivity index (χ0v) is 21.4. The Hall–Kier alpha value is -2.89. The first-order chi connectivity index (χ1) is 16.2. The van der Waals surface area contributed by atoms with Crippen molar-refractivity contribution in [2.24, 2.45) is 11.3 Å². The van der Waals surface area contributed by atoms with Gasteiger partial charge in [0, 0.05) is 11.6 Å². The van der Waals surface area contributed by atoms with Crippen molar-refractivity contribution in [2.45, 2.75) is 46.6 Å². The molecule has 0 spiro atoms. The summed E-state index contributed by atoms with van der Waals surface area (Å²) in [4.78, 5) is 12.3. The molecule has 1 aliphatic rings. The maximum atomic E-state index is 12.3. The van der Waals surface area contributed by atoms with Crippen molar-refractivity contribution in [2.75, 3.05) is 6.61 Å². The van der Waals surface area contributed by atoms with Crippen LogP contribution in [-0.4, -0.2) is 26.5 Å². The minimum Gasteiger partial charge on any atom is -0.507 e. The molecule has 4 nitrogen and oxygen atoms in total. The summed E-state index contributed by atoms with van der Waals surface area (Å²) in [5.74, 6) is 0.921. The molecule has 1 N–H and O–H groups in total. The number of phenolic OH excluding ortho intramolecular Hbond substituents is 1. The largest absolute Gasteiger partial charge is 0.507 e. The Labute approximate surface area is 204 Å². The molecule has 4 rings (SSSR count). The van der Waals surface area contributed by atoms with Crippen LogP contribution in [0.2, 0.25) is 0 Å². The average molecular weight is 474 g/mol. The number of phenols is 1. The fourth-order valence-corrected chi connectivity index (χ4v) is 6.31. The fraction of sp³-hybridized carbons (Fsp3) is 0.345. The molecule has 3 aromatic carbocycles. The van der Waals surface area contributed by atoms with E-state index in [0.29, 0.717) is 23.8 Å². The summed E-state index contributed by atoms with van der Waals surface area (Å²) in [6.45, 7) is 8.49. The third-order valence-electron chi connectivity index (χ3n) is 6.06. The van der Waals surface area contributed by atoms with E-state index in [2.05, 4.69) is 45.0 Å². The molecule has 1 fully saturated rings. The highest BCUT2D eigenvalue weighted by Crippen LogP contribution is 2.44. The molecule has 1 saturated carbocycles. The molecule has 1 atom stereocenters. The maximum absolute atomic E-state index is 12.3. The van der Waals surface area contributed by atoms with E-state index in [0.717, 1.165) is 15.9 Å². The van der Waals surface area contributed by atoms with Gasteiger partial charge in [-0.15, -0.1) is 0 Å². The van der Waals surface area contributed by atoms with Crippen molar-refractivity contribution in [3.8, 4) is 11.5 Å². The number of carbonyl (C=O) groups excluding carboxylic acids is 1. The molecule has 0 bridgehead atoms. The van der Waals surface area contributed by atoms with Crippen LogP contribution in [0, 0.1) is 11.3 Å². The zero-order chi connectivity index (χ0) is 24.3. The number of hydrogen-bond donors (Lipinski definition) is 1. The second kappa shape index (κ2) is 10.2. The lowest BCUT2D eigenvalue weighted by molar-refractivity contribution is 0.0856. The molecule has 3 aromatic rings. The number of Topliss-reactive ketones (excluding diaryl/α,β-unsaturated/α-hetero) is 1. The van der Waals surface area contributed by atoms with Crippen LogP contribution in [0.4, 0.5) is 0 Å². The van der Waals surface area contributed by atoms with Gasteiger partial charge in [-0.25, -0.2) is 0 Å². The highest BCUT2D eigenvalue weighted by Gasteiger charge is 2.35. The van der Waals surface area contributed by atoms with Crippen LogP contribution in [0.15, 0.2) is 72.8 Å². The molecule has 0 saturated heterocycles. The van der Waals surface area contributed by atoms with Crippen molar-refractivity contribution in [3.63, 3.8) is 0 Å². The Morgan fingerprint density at radius 1 is 1.00 bits per heavy atom. The molecule has 1 radical (unpaired) electrons. The molecule has 177 valence electrons. The average Bonchev–Trinajstić information content (AvgIpc) is 3.63. The number of carbonyl (C=O) groups is 1. The molecule has 0 heterocycles. The van der Waals surface area contributed by atoms with Gasteiger partial charge in [0.05, 0.1) is 18.3 Å². The first-order valence-electron chi connectivity index (χ1n) is 11.9. The minimum absolute atomic E-state index is 0.0497. The summed E-state index contributed by atoms with van der Waals surface area (Å²) < 4.78 is 13.2. The van der Waals surface area contributed by atoms with Gasteiger partial charge >= 0.3 is 0 Å². The molecule has 1 aliphatic carbocycles. The predicted octanol–water partition coefficient (Wildman–Crippen LogP) is 5.29. The van der Waals surface area contributed by atoms with Gasteiger partial charge in [0.15, 0.2) is 5.78 Å². The molecule has 0 amide bonds. The van der Waals surface area contributed by atoms with Crippen LogP contribution >= 0.6 is 0 Å². The molecule has 1 unspecified atom stereocenters. The summed E-state index contributed by atoms with van der Waals surface area (Å²) >= 11 is 0. The van der Waals surface area contributed by atoms with Gasteiger partial charge in [-0.1, -0.05) is 81.4 Å². The standard InChI is InChI=1S/C29H33O4Si/c1-20(30)24-17-25(27(18-26(24)31)32-19-21-15-16-21)28(29(2,3)4)33-34(22-11-7-5-8-12-22)23-13-9-6-10-14-23/h5-14,17-18,21,28,31H,15-16,19H2,1-4H3. The molecular formula is C29H33O4Si. The molecule has 5 heteroatoms. The van der Waals surface area contributed by atoms with Gasteiger partial charge in [-0.05, 0) is 47.5 Å². The van der Waals surface area contributed by atoms with Gasteiger partial charge < -0.3 is 14.3 Å². The van der Waals surface area contributed by atoms with E-state index in [4.69, 9.17) is 9.16 Å². The van der Waals surface area contributed by atoms with Gasteiger partial charge in [0.1, 0.15) is 11.5 Å². The number of ketones is 1. The lowest BCUT2D eigenvalue weighted by atomic mass is 9.83. The first-order valence-corrected chi connectivity index (χ1v) is 13.3. The van der Waals surface area contributed by atoms with E-state index in [1.165, 1.54) is 19.8 Å². The predicted molar refractivity (Wildman–Crippen MR) is 138 cm³/mol. The normalized spacial score (nSPS) is 14.7. The summed E-state index contributed by atoms with van der Waals surface area (Å²) in [6, 6.07) is 24.0. The Morgan fingerprint density at radius 3 is 2.03 bits per heavy atom. The zero-order valence-electron chi connectivity index (χ0n) is 20.4. The molecule has 34 heavy (non-hydrogen) atoms. The number of rotatable bonds is 9. The lowest BCUT2D eigenvalue weighted by Gasteiger charge is -2.35. The summed E-state index contributed by atoms with van der Waals surface area (Å²) in [5, 5.41) is 12.9. The Kier molecular flexibility index (Phi) is 7.24. The smallest absolute Gasteiger partial charge is 0.283 e. The van der Waals surface area contributed by atoms with E-state index in [9.17, 15) is 9.90 Å². The number of benzene rings is 3. The van der Waals surface area contributed by atoms with E-state index in [-0.39, 0.29) is 23.1 Å². The Bertz CT molecular complexity index is 1080. The Morgan fingerprint density at radius 2 is 1.56 bits per heavy atom. The SMILES string of the molecule is CC(=O)c1cc(C(O[Si](c2ccccc2)c2ccccc2)C(C)(C)C)c(OCC2CC2)cc1O. The van der Waals surface area contributed by atoms with E-state index >= 15 is 0 Å². The maximum Gasteiger partial charge on any atom is 0.283 e.